The number of halogens is 6. The summed E-state index contributed by atoms with van der Waals surface area (Å²) in [6.45, 7) is 3.15. The second-order valence-corrected chi connectivity index (χ2v) is 2.65. The Balaban J connectivity index is 4.17. The molecule has 0 aromatic heterocycles. The summed E-state index contributed by atoms with van der Waals surface area (Å²) in [5.41, 5.74) is 0. The van der Waals surface area contributed by atoms with Crippen LogP contribution in [0.5, 0.6) is 0 Å². The lowest BCUT2D eigenvalue weighted by molar-refractivity contribution is -0.288. The highest BCUT2D eigenvalue weighted by Gasteiger charge is 2.58. The Kier molecular flexibility index (Phi) is 4.06. The maximum Gasteiger partial charge on any atom is 0.453 e. The van der Waals surface area contributed by atoms with Gasteiger partial charge in [-0.25, -0.2) is 4.39 Å². The highest BCUT2D eigenvalue weighted by atomic mass is 19.4. The average Bonchev–Trinajstić information content (AvgIpc) is 1.83. The molecule has 0 saturated heterocycles. The van der Waals surface area contributed by atoms with E-state index in [0.717, 1.165) is 0 Å². The van der Waals surface area contributed by atoms with Gasteiger partial charge in [-0.3, -0.25) is 0 Å². The molecule has 0 aliphatic carbocycles. The SMILES string of the molecule is [CH2]CC[C@H](F)CC(F)(F)C(F)(F)F. The van der Waals surface area contributed by atoms with Crippen molar-refractivity contribution in [2.45, 2.75) is 37.5 Å². The zero-order valence-corrected chi connectivity index (χ0v) is 6.67. The molecule has 0 fully saturated rings. The lowest BCUT2D eigenvalue weighted by Gasteiger charge is -2.20. The Morgan fingerprint density at radius 2 is 1.54 bits per heavy atom. The van der Waals surface area contributed by atoms with Gasteiger partial charge in [0, 0.05) is 0 Å². The number of rotatable bonds is 4. The minimum absolute atomic E-state index is 0.00486. The van der Waals surface area contributed by atoms with Gasteiger partial charge in [0.25, 0.3) is 0 Å². The summed E-state index contributed by atoms with van der Waals surface area (Å²) in [5.74, 6) is -4.94. The molecular weight excluding hydrogens is 198 g/mol. The topological polar surface area (TPSA) is 0 Å². The fraction of sp³-hybridized carbons (Fsp3) is 0.857. The third-order valence-corrected chi connectivity index (χ3v) is 1.41. The molecule has 0 N–H and O–H groups in total. The number of hydrogen-bond acceptors (Lipinski definition) is 0. The third-order valence-electron chi connectivity index (χ3n) is 1.41. The van der Waals surface area contributed by atoms with E-state index in [4.69, 9.17) is 0 Å². The Morgan fingerprint density at radius 1 is 1.08 bits per heavy atom. The molecule has 1 radical (unpaired) electrons. The molecule has 0 nitrogen and oxygen atoms in total. The molecule has 79 valence electrons. The Morgan fingerprint density at radius 3 is 1.85 bits per heavy atom. The third kappa shape index (κ3) is 3.87. The Hall–Kier alpha value is -0.420. The maximum absolute atomic E-state index is 12.4. The smallest absolute Gasteiger partial charge is 0.247 e. The summed E-state index contributed by atoms with van der Waals surface area (Å²) in [6.07, 6.45) is -10.0. The molecule has 0 spiro atoms. The van der Waals surface area contributed by atoms with Gasteiger partial charge < -0.3 is 0 Å². The van der Waals surface area contributed by atoms with Crippen molar-refractivity contribution in [3.8, 4) is 0 Å². The Labute approximate surface area is 71.9 Å². The molecule has 0 aromatic carbocycles. The van der Waals surface area contributed by atoms with Gasteiger partial charge in [0.1, 0.15) is 6.17 Å². The van der Waals surface area contributed by atoms with E-state index in [2.05, 4.69) is 6.92 Å². The fourth-order valence-electron chi connectivity index (χ4n) is 0.717. The molecule has 0 bridgehead atoms. The van der Waals surface area contributed by atoms with Gasteiger partial charge in [0.05, 0.1) is 6.42 Å². The summed E-state index contributed by atoms with van der Waals surface area (Å²) < 4.78 is 71.2. The fourth-order valence-corrected chi connectivity index (χ4v) is 0.717. The molecule has 0 aliphatic heterocycles. The maximum atomic E-state index is 12.4. The standard InChI is InChI=1S/C7H9F6/c1-2-3-5(8)4-6(9,10)7(11,12)13/h5H,1-4H2/t5-/m0/s1. The zero-order chi connectivity index (χ0) is 10.7. The average molecular weight is 207 g/mol. The first-order chi connectivity index (χ1) is 5.70. The van der Waals surface area contributed by atoms with Crippen molar-refractivity contribution in [3.05, 3.63) is 6.92 Å². The van der Waals surface area contributed by atoms with Crippen molar-refractivity contribution in [2.75, 3.05) is 0 Å². The van der Waals surface area contributed by atoms with E-state index in [-0.39, 0.29) is 12.8 Å². The van der Waals surface area contributed by atoms with Crippen LogP contribution in [0.1, 0.15) is 19.3 Å². The van der Waals surface area contributed by atoms with Crippen LogP contribution in [0.4, 0.5) is 26.3 Å². The first-order valence-corrected chi connectivity index (χ1v) is 3.58. The molecule has 0 saturated carbocycles. The van der Waals surface area contributed by atoms with Crippen LogP contribution in [0.2, 0.25) is 0 Å². The summed E-state index contributed by atoms with van der Waals surface area (Å²) in [5, 5.41) is 0. The van der Waals surface area contributed by atoms with Gasteiger partial charge in [0.2, 0.25) is 0 Å². The predicted octanol–water partition coefficient (Wildman–Crippen LogP) is 3.53. The lowest BCUT2D eigenvalue weighted by atomic mass is 10.1. The predicted molar refractivity (Wildman–Crippen MR) is 35.1 cm³/mol. The first-order valence-electron chi connectivity index (χ1n) is 3.58. The molecule has 0 heterocycles. The number of hydrogen-bond donors (Lipinski definition) is 0. The minimum atomic E-state index is -5.67. The molecule has 0 unspecified atom stereocenters. The van der Waals surface area contributed by atoms with Crippen LogP contribution >= 0.6 is 0 Å². The van der Waals surface area contributed by atoms with Crippen LogP contribution < -0.4 is 0 Å². The van der Waals surface area contributed by atoms with Crippen molar-refractivity contribution in [1.29, 1.82) is 0 Å². The normalized spacial score (nSPS) is 15.9. The van der Waals surface area contributed by atoms with Crippen molar-refractivity contribution in [1.82, 2.24) is 0 Å². The van der Waals surface area contributed by atoms with Crippen molar-refractivity contribution in [3.63, 3.8) is 0 Å². The van der Waals surface area contributed by atoms with Gasteiger partial charge in [-0.2, -0.15) is 22.0 Å². The molecule has 0 amide bonds. The molecule has 6 heteroatoms. The van der Waals surface area contributed by atoms with Gasteiger partial charge in [-0.15, -0.1) is 0 Å². The molecule has 0 rings (SSSR count). The molecule has 13 heavy (non-hydrogen) atoms. The molecule has 0 aromatic rings. The second kappa shape index (κ2) is 4.19. The van der Waals surface area contributed by atoms with Crippen LogP contribution in [-0.4, -0.2) is 18.3 Å². The molecular formula is C7H9F6. The molecule has 1 atom stereocenters. The quantitative estimate of drug-likeness (QED) is 0.618. The van der Waals surface area contributed by atoms with E-state index in [1.165, 1.54) is 0 Å². The van der Waals surface area contributed by atoms with E-state index in [1.807, 2.05) is 0 Å². The van der Waals surface area contributed by atoms with Crippen molar-refractivity contribution < 1.29 is 26.3 Å². The highest BCUT2D eigenvalue weighted by molar-refractivity contribution is 4.79. The second-order valence-electron chi connectivity index (χ2n) is 2.65. The Bertz CT molecular complexity index is 150. The summed E-state index contributed by atoms with van der Waals surface area (Å²) in [4.78, 5) is 0. The summed E-state index contributed by atoms with van der Waals surface area (Å²) in [7, 11) is 0. The van der Waals surface area contributed by atoms with Crippen molar-refractivity contribution >= 4 is 0 Å². The van der Waals surface area contributed by atoms with Gasteiger partial charge in [-0.05, 0) is 6.42 Å². The molecule has 0 aliphatic rings. The highest BCUT2D eigenvalue weighted by Crippen LogP contribution is 2.39. The van der Waals surface area contributed by atoms with E-state index in [1.54, 1.807) is 0 Å². The van der Waals surface area contributed by atoms with Crippen LogP contribution in [0.3, 0.4) is 0 Å². The van der Waals surface area contributed by atoms with E-state index in [9.17, 15) is 26.3 Å². The van der Waals surface area contributed by atoms with Crippen LogP contribution in [0.15, 0.2) is 0 Å². The lowest BCUT2D eigenvalue weighted by Crippen LogP contribution is -2.38. The summed E-state index contributed by atoms with van der Waals surface area (Å²) >= 11 is 0. The van der Waals surface area contributed by atoms with Crippen LogP contribution in [-0.2, 0) is 0 Å². The van der Waals surface area contributed by atoms with Gasteiger partial charge in [0.15, 0.2) is 0 Å². The van der Waals surface area contributed by atoms with E-state index in [0.29, 0.717) is 0 Å². The number of alkyl halides is 6. The monoisotopic (exact) mass is 207 g/mol. The van der Waals surface area contributed by atoms with Crippen LogP contribution in [0.25, 0.3) is 0 Å². The van der Waals surface area contributed by atoms with E-state index < -0.39 is 24.7 Å². The minimum Gasteiger partial charge on any atom is -0.247 e. The van der Waals surface area contributed by atoms with Crippen LogP contribution in [0, 0.1) is 6.92 Å². The van der Waals surface area contributed by atoms with E-state index >= 15 is 0 Å². The first kappa shape index (κ1) is 12.6. The zero-order valence-electron chi connectivity index (χ0n) is 6.67. The van der Waals surface area contributed by atoms with Crippen molar-refractivity contribution in [2.24, 2.45) is 0 Å². The van der Waals surface area contributed by atoms with Gasteiger partial charge >= 0.3 is 12.1 Å². The largest absolute Gasteiger partial charge is 0.453 e. The van der Waals surface area contributed by atoms with Gasteiger partial charge in [-0.1, -0.05) is 13.3 Å². The summed E-state index contributed by atoms with van der Waals surface area (Å²) in [6, 6.07) is 0.